The SMILES string of the molecule is O=C(CN1CCOCC1)NCC[C@@H]1CC[C@@H](NC(=O)Nc2ccc(F)cc2)[C@H](CO)O1. The van der Waals surface area contributed by atoms with Crippen LogP contribution in [-0.4, -0.2) is 86.2 Å². The van der Waals surface area contributed by atoms with Gasteiger partial charge in [-0.3, -0.25) is 9.69 Å². The number of carbonyl (C=O) groups excluding carboxylic acids is 2. The van der Waals surface area contributed by atoms with E-state index in [-0.39, 0.29) is 30.5 Å². The third kappa shape index (κ3) is 7.73. The summed E-state index contributed by atoms with van der Waals surface area (Å²) in [6.45, 7) is 3.48. The van der Waals surface area contributed by atoms with E-state index < -0.39 is 12.1 Å². The lowest BCUT2D eigenvalue weighted by Crippen LogP contribution is -2.52. The Balaban J connectivity index is 1.36. The summed E-state index contributed by atoms with van der Waals surface area (Å²) in [5.74, 6) is -0.399. The highest BCUT2D eigenvalue weighted by Gasteiger charge is 2.31. The molecular weight excluding hydrogens is 407 g/mol. The van der Waals surface area contributed by atoms with Crippen LogP contribution in [0.2, 0.25) is 0 Å². The number of urea groups is 1. The summed E-state index contributed by atoms with van der Waals surface area (Å²) >= 11 is 0. The zero-order chi connectivity index (χ0) is 22.1. The largest absolute Gasteiger partial charge is 0.394 e. The van der Waals surface area contributed by atoms with Crippen LogP contribution in [0.15, 0.2) is 24.3 Å². The number of halogens is 1. The number of aliphatic hydroxyl groups is 1. The molecule has 172 valence electrons. The summed E-state index contributed by atoms with van der Waals surface area (Å²) in [5.41, 5.74) is 0.474. The van der Waals surface area contributed by atoms with Gasteiger partial charge < -0.3 is 30.5 Å². The van der Waals surface area contributed by atoms with Crippen LogP contribution in [0.1, 0.15) is 19.3 Å². The molecule has 1 aromatic rings. The van der Waals surface area contributed by atoms with Gasteiger partial charge in [0.25, 0.3) is 0 Å². The van der Waals surface area contributed by atoms with Gasteiger partial charge in [0.05, 0.1) is 38.5 Å². The van der Waals surface area contributed by atoms with E-state index in [0.717, 1.165) is 13.1 Å². The second-order valence-corrected chi connectivity index (χ2v) is 7.80. The van der Waals surface area contributed by atoms with Gasteiger partial charge in [0.2, 0.25) is 5.91 Å². The minimum absolute atomic E-state index is 0.0200. The predicted octanol–water partition coefficient (Wildman–Crippen LogP) is 0.694. The molecule has 0 bridgehead atoms. The molecular formula is C21H31FN4O5. The standard InChI is InChI=1S/C21H31FN4O5/c22-15-1-3-16(4-2-15)24-21(29)25-18-6-5-17(31-19(18)14-27)7-8-23-20(28)13-26-9-11-30-12-10-26/h1-4,17-19,27H,5-14H2,(H,23,28)(H2,24,25,29)/t17-,18+,19-/m0/s1. The molecule has 2 saturated heterocycles. The van der Waals surface area contributed by atoms with E-state index in [1.807, 2.05) is 0 Å². The normalized spacial score (nSPS) is 24.4. The van der Waals surface area contributed by atoms with Crippen LogP contribution in [0.3, 0.4) is 0 Å². The van der Waals surface area contributed by atoms with Crippen molar-refractivity contribution in [3.63, 3.8) is 0 Å². The zero-order valence-electron chi connectivity index (χ0n) is 17.5. The van der Waals surface area contributed by atoms with E-state index in [2.05, 4.69) is 20.9 Å². The van der Waals surface area contributed by atoms with Crippen LogP contribution in [0, 0.1) is 5.82 Å². The molecule has 3 atom stereocenters. The number of carbonyl (C=O) groups is 2. The number of hydrogen-bond donors (Lipinski definition) is 4. The first-order chi connectivity index (χ1) is 15.0. The summed E-state index contributed by atoms with van der Waals surface area (Å²) in [5, 5.41) is 18.0. The maximum atomic E-state index is 13.0. The van der Waals surface area contributed by atoms with Crippen molar-refractivity contribution in [1.82, 2.24) is 15.5 Å². The lowest BCUT2D eigenvalue weighted by Gasteiger charge is -2.36. The number of nitrogens with one attached hydrogen (secondary N) is 3. The van der Waals surface area contributed by atoms with Gasteiger partial charge in [-0.05, 0) is 43.5 Å². The number of nitrogens with zero attached hydrogens (tertiary/aromatic N) is 1. The van der Waals surface area contributed by atoms with Crippen LogP contribution >= 0.6 is 0 Å². The smallest absolute Gasteiger partial charge is 0.319 e. The highest BCUT2D eigenvalue weighted by Crippen LogP contribution is 2.22. The van der Waals surface area contributed by atoms with E-state index in [1.54, 1.807) is 0 Å². The van der Waals surface area contributed by atoms with E-state index in [1.165, 1.54) is 24.3 Å². The van der Waals surface area contributed by atoms with Gasteiger partial charge in [0, 0.05) is 25.3 Å². The molecule has 0 unspecified atom stereocenters. The molecule has 0 spiro atoms. The van der Waals surface area contributed by atoms with Gasteiger partial charge in [-0.2, -0.15) is 0 Å². The van der Waals surface area contributed by atoms with Gasteiger partial charge in [-0.15, -0.1) is 0 Å². The molecule has 31 heavy (non-hydrogen) atoms. The second kappa shape index (κ2) is 11.9. The number of morpholine rings is 1. The molecule has 9 nitrogen and oxygen atoms in total. The molecule has 1 aromatic carbocycles. The fourth-order valence-corrected chi connectivity index (χ4v) is 3.77. The zero-order valence-corrected chi connectivity index (χ0v) is 17.5. The van der Waals surface area contributed by atoms with Crippen molar-refractivity contribution in [1.29, 1.82) is 0 Å². The summed E-state index contributed by atoms with van der Waals surface area (Å²) in [7, 11) is 0. The molecule has 3 rings (SSSR count). The molecule has 10 heteroatoms. The summed E-state index contributed by atoms with van der Waals surface area (Å²) in [6, 6.07) is 4.70. The van der Waals surface area contributed by atoms with Gasteiger partial charge in [-0.1, -0.05) is 0 Å². The molecule has 2 heterocycles. The Labute approximate surface area is 181 Å². The monoisotopic (exact) mass is 438 g/mol. The van der Waals surface area contributed by atoms with E-state index in [0.29, 0.717) is 51.3 Å². The van der Waals surface area contributed by atoms with Crippen LogP contribution in [0.4, 0.5) is 14.9 Å². The van der Waals surface area contributed by atoms with Crippen LogP contribution in [0.5, 0.6) is 0 Å². The van der Waals surface area contributed by atoms with E-state index in [4.69, 9.17) is 9.47 Å². The second-order valence-electron chi connectivity index (χ2n) is 7.80. The Kier molecular flexibility index (Phi) is 9.01. The average molecular weight is 439 g/mol. The number of aliphatic hydroxyl groups excluding tert-OH is 1. The first-order valence-corrected chi connectivity index (χ1v) is 10.7. The van der Waals surface area contributed by atoms with Crippen molar-refractivity contribution in [2.45, 2.75) is 37.5 Å². The molecule has 0 radical (unpaired) electrons. The Morgan fingerprint density at radius 1 is 1.16 bits per heavy atom. The Hall–Kier alpha value is -2.27. The summed E-state index contributed by atoms with van der Waals surface area (Å²) in [4.78, 5) is 26.3. The first-order valence-electron chi connectivity index (χ1n) is 10.7. The third-order valence-electron chi connectivity index (χ3n) is 5.47. The molecule has 0 aromatic heterocycles. The summed E-state index contributed by atoms with van der Waals surface area (Å²) < 4.78 is 24.2. The molecule has 4 N–H and O–H groups in total. The fourth-order valence-electron chi connectivity index (χ4n) is 3.77. The van der Waals surface area contributed by atoms with E-state index >= 15 is 0 Å². The number of anilines is 1. The van der Waals surface area contributed by atoms with Crippen molar-refractivity contribution in [2.24, 2.45) is 0 Å². The minimum Gasteiger partial charge on any atom is -0.394 e. The lowest BCUT2D eigenvalue weighted by molar-refractivity contribution is -0.123. The van der Waals surface area contributed by atoms with Gasteiger partial charge in [0.15, 0.2) is 0 Å². The highest BCUT2D eigenvalue weighted by molar-refractivity contribution is 5.89. The number of hydrogen-bond acceptors (Lipinski definition) is 6. The maximum absolute atomic E-state index is 13.0. The van der Waals surface area contributed by atoms with E-state index in [9.17, 15) is 19.1 Å². The first kappa shape index (κ1) is 23.4. The molecule has 2 aliphatic heterocycles. The van der Waals surface area contributed by atoms with Crippen LogP contribution < -0.4 is 16.0 Å². The fraction of sp³-hybridized carbons (Fsp3) is 0.619. The highest BCUT2D eigenvalue weighted by atomic mass is 19.1. The molecule has 2 aliphatic rings. The number of benzene rings is 1. The number of amides is 3. The number of ether oxygens (including phenoxy) is 2. The van der Waals surface area contributed by atoms with Crippen LogP contribution in [-0.2, 0) is 14.3 Å². The molecule has 3 amide bonds. The Bertz CT molecular complexity index is 714. The molecule has 0 saturated carbocycles. The number of rotatable bonds is 8. The van der Waals surface area contributed by atoms with Crippen molar-refractivity contribution in [3.8, 4) is 0 Å². The van der Waals surface area contributed by atoms with Crippen molar-refractivity contribution >= 4 is 17.6 Å². The minimum atomic E-state index is -0.526. The van der Waals surface area contributed by atoms with Gasteiger partial charge >= 0.3 is 6.03 Å². The van der Waals surface area contributed by atoms with Crippen molar-refractivity contribution in [3.05, 3.63) is 30.1 Å². The quantitative estimate of drug-likeness (QED) is 0.475. The Morgan fingerprint density at radius 3 is 2.61 bits per heavy atom. The Morgan fingerprint density at radius 2 is 1.90 bits per heavy atom. The summed E-state index contributed by atoms with van der Waals surface area (Å²) in [6.07, 6.45) is 1.37. The molecule has 0 aliphatic carbocycles. The predicted molar refractivity (Wildman–Crippen MR) is 112 cm³/mol. The third-order valence-corrected chi connectivity index (χ3v) is 5.47. The lowest BCUT2D eigenvalue weighted by atomic mass is 9.97. The average Bonchev–Trinajstić information content (AvgIpc) is 2.77. The maximum Gasteiger partial charge on any atom is 0.319 e. The molecule has 2 fully saturated rings. The van der Waals surface area contributed by atoms with Crippen molar-refractivity contribution in [2.75, 3.05) is 51.3 Å². The van der Waals surface area contributed by atoms with Crippen molar-refractivity contribution < 1.29 is 28.6 Å². The van der Waals surface area contributed by atoms with Gasteiger partial charge in [0.1, 0.15) is 11.9 Å². The van der Waals surface area contributed by atoms with Crippen LogP contribution in [0.25, 0.3) is 0 Å². The van der Waals surface area contributed by atoms with Gasteiger partial charge in [-0.25, -0.2) is 9.18 Å². The topological polar surface area (TPSA) is 112 Å².